The molecule has 0 aromatic heterocycles. The summed E-state index contributed by atoms with van der Waals surface area (Å²) in [5, 5.41) is 0.655. The van der Waals surface area contributed by atoms with Gasteiger partial charge in [0.1, 0.15) is 4.99 Å². The predicted molar refractivity (Wildman–Crippen MR) is 88.4 cm³/mol. The van der Waals surface area contributed by atoms with Crippen LogP contribution in [0.4, 0.5) is 5.69 Å². The van der Waals surface area contributed by atoms with Crippen LogP contribution in [0.5, 0.6) is 0 Å². The molecule has 0 saturated carbocycles. The minimum Gasteiger partial charge on any atom is -0.389 e. The third kappa shape index (κ3) is 4.34. The lowest BCUT2D eigenvalue weighted by molar-refractivity contribution is 0.373. The maximum atomic E-state index is 6.03. The summed E-state index contributed by atoms with van der Waals surface area (Å²) in [4.78, 5) is 4.85. The highest BCUT2D eigenvalue weighted by molar-refractivity contribution is 7.80. The molecule has 106 valence electrons. The van der Waals surface area contributed by atoms with E-state index in [1.807, 2.05) is 18.2 Å². The van der Waals surface area contributed by atoms with E-state index in [1.54, 1.807) is 0 Å². The summed E-state index contributed by atoms with van der Waals surface area (Å²) in [6.07, 6.45) is 0. The molecule has 0 aliphatic heterocycles. The molecule has 3 nitrogen and oxygen atoms in total. The average molecular weight is 300 g/mol. The molecule has 5 heteroatoms. The Morgan fingerprint density at radius 1 is 1.42 bits per heavy atom. The summed E-state index contributed by atoms with van der Waals surface area (Å²) in [5.74, 6) is 0. The van der Waals surface area contributed by atoms with E-state index in [9.17, 15) is 0 Å². The number of thiocarbonyl (C=S) groups is 1. The molecule has 0 heterocycles. The molecule has 0 saturated heterocycles. The maximum absolute atomic E-state index is 6.03. The lowest BCUT2D eigenvalue weighted by Gasteiger charge is -2.33. The van der Waals surface area contributed by atoms with E-state index in [1.165, 1.54) is 0 Å². The van der Waals surface area contributed by atoms with E-state index >= 15 is 0 Å². The van der Waals surface area contributed by atoms with Crippen LogP contribution in [-0.2, 0) is 0 Å². The van der Waals surface area contributed by atoms with Gasteiger partial charge in [0.05, 0.1) is 0 Å². The number of nitrogens with two attached hydrogens (primary N) is 1. The fraction of sp³-hybridized carbons (Fsp3) is 0.500. The first-order valence-electron chi connectivity index (χ1n) is 6.37. The van der Waals surface area contributed by atoms with Gasteiger partial charge in [0, 0.05) is 35.4 Å². The summed E-state index contributed by atoms with van der Waals surface area (Å²) in [7, 11) is 4.14. The fourth-order valence-electron chi connectivity index (χ4n) is 2.30. The Balaban J connectivity index is 3.14. The van der Waals surface area contributed by atoms with Crippen LogP contribution < -0.4 is 10.6 Å². The summed E-state index contributed by atoms with van der Waals surface area (Å²) < 4.78 is 0. The van der Waals surface area contributed by atoms with Crippen molar-refractivity contribution < 1.29 is 0 Å². The number of halogens is 1. The van der Waals surface area contributed by atoms with Gasteiger partial charge in [-0.05, 0) is 46.1 Å². The van der Waals surface area contributed by atoms with Crippen LogP contribution in [0.3, 0.4) is 0 Å². The number of hydrogen-bond acceptors (Lipinski definition) is 3. The van der Waals surface area contributed by atoms with Crippen molar-refractivity contribution in [2.45, 2.75) is 19.9 Å². The van der Waals surface area contributed by atoms with Crippen molar-refractivity contribution in [3.63, 3.8) is 0 Å². The Kier molecular flexibility index (Phi) is 6.04. The van der Waals surface area contributed by atoms with Gasteiger partial charge in [0.2, 0.25) is 0 Å². The van der Waals surface area contributed by atoms with E-state index in [-0.39, 0.29) is 0 Å². The maximum Gasteiger partial charge on any atom is 0.106 e. The van der Waals surface area contributed by atoms with Crippen LogP contribution in [0.1, 0.15) is 19.4 Å². The van der Waals surface area contributed by atoms with Crippen molar-refractivity contribution >= 4 is 34.5 Å². The Morgan fingerprint density at radius 2 is 2.05 bits per heavy atom. The van der Waals surface area contributed by atoms with Crippen LogP contribution in [0.2, 0.25) is 5.02 Å². The second kappa shape index (κ2) is 7.08. The van der Waals surface area contributed by atoms with Gasteiger partial charge in [-0.15, -0.1) is 0 Å². The Labute approximate surface area is 126 Å². The highest BCUT2D eigenvalue weighted by Gasteiger charge is 2.18. The number of rotatable bonds is 6. The number of likely N-dealkylation sites (N-methyl/N-ethyl adjacent to an activating group) is 2. The van der Waals surface area contributed by atoms with Gasteiger partial charge >= 0.3 is 0 Å². The third-order valence-corrected chi connectivity index (χ3v) is 3.49. The standard InChI is InChI=1S/C14H22ClN3S/c1-5-18(10(2)9-17(3)4)13-7-6-11(15)8-12(13)14(16)19/h6-8,10H,5,9H2,1-4H3,(H2,16,19). The monoisotopic (exact) mass is 299 g/mol. The topological polar surface area (TPSA) is 32.5 Å². The van der Waals surface area contributed by atoms with Gasteiger partial charge in [-0.3, -0.25) is 0 Å². The minimum absolute atomic E-state index is 0.370. The zero-order valence-corrected chi connectivity index (χ0v) is 13.6. The lowest BCUT2D eigenvalue weighted by Crippen LogP contribution is -2.41. The Bertz CT molecular complexity index is 448. The molecule has 1 unspecified atom stereocenters. The van der Waals surface area contributed by atoms with E-state index in [0.29, 0.717) is 16.1 Å². The molecule has 1 aromatic carbocycles. The molecule has 19 heavy (non-hydrogen) atoms. The molecule has 2 N–H and O–H groups in total. The Morgan fingerprint density at radius 3 is 2.53 bits per heavy atom. The van der Waals surface area contributed by atoms with Crippen LogP contribution in [-0.4, -0.2) is 43.1 Å². The lowest BCUT2D eigenvalue weighted by atomic mass is 10.1. The molecule has 0 aliphatic rings. The van der Waals surface area contributed by atoms with Gasteiger partial charge in [0.25, 0.3) is 0 Å². The second-order valence-electron chi connectivity index (χ2n) is 4.92. The van der Waals surface area contributed by atoms with Gasteiger partial charge in [-0.2, -0.15) is 0 Å². The Hall–Kier alpha value is -0.840. The molecule has 1 rings (SSSR count). The first-order chi connectivity index (χ1) is 8.86. The number of benzene rings is 1. The zero-order chi connectivity index (χ0) is 14.6. The average Bonchev–Trinajstić information content (AvgIpc) is 2.30. The molecule has 0 aliphatic carbocycles. The molecule has 0 radical (unpaired) electrons. The van der Waals surface area contributed by atoms with Crippen molar-refractivity contribution in [2.75, 3.05) is 32.1 Å². The van der Waals surface area contributed by atoms with Crippen LogP contribution in [0, 0.1) is 0 Å². The van der Waals surface area contributed by atoms with Crippen LogP contribution in [0.25, 0.3) is 0 Å². The van der Waals surface area contributed by atoms with Crippen molar-refractivity contribution in [1.82, 2.24) is 4.90 Å². The SMILES string of the molecule is CCN(c1ccc(Cl)cc1C(N)=S)C(C)CN(C)C. The fourth-order valence-corrected chi connectivity index (χ4v) is 2.64. The van der Waals surface area contributed by atoms with Gasteiger partial charge in [-0.25, -0.2) is 0 Å². The highest BCUT2D eigenvalue weighted by atomic mass is 35.5. The van der Waals surface area contributed by atoms with E-state index in [0.717, 1.165) is 24.3 Å². The normalized spacial score (nSPS) is 12.5. The summed E-state index contributed by atoms with van der Waals surface area (Å²) in [5.41, 5.74) is 7.71. The van der Waals surface area contributed by atoms with Crippen molar-refractivity contribution in [3.05, 3.63) is 28.8 Å². The molecule has 0 bridgehead atoms. The number of anilines is 1. The summed E-state index contributed by atoms with van der Waals surface area (Å²) in [6.45, 7) is 6.19. The smallest absolute Gasteiger partial charge is 0.106 e. The molecular weight excluding hydrogens is 278 g/mol. The highest BCUT2D eigenvalue weighted by Crippen LogP contribution is 2.26. The quantitative estimate of drug-likeness (QED) is 0.819. The molecular formula is C14H22ClN3S. The van der Waals surface area contributed by atoms with E-state index < -0.39 is 0 Å². The summed E-state index contributed by atoms with van der Waals surface area (Å²) in [6, 6.07) is 6.08. The third-order valence-electron chi connectivity index (χ3n) is 3.04. The van der Waals surface area contributed by atoms with Gasteiger partial charge in [0.15, 0.2) is 0 Å². The van der Waals surface area contributed by atoms with Crippen molar-refractivity contribution in [1.29, 1.82) is 0 Å². The second-order valence-corrected chi connectivity index (χ2v) is 5.80. The van der Waals surface area contributed by atoms with Crippen molar-refractivity contribution in [2.24, 2.45) is 5.73 Å². The number of nitrogens with zero attached hydrogens (tertiary/aromatic N) is 2. The van der Waals surface area contributed by atoms with Crippen LogP contribution in [0.15, 0.2) is 18.2 Å². The van der Waals surface area contributed by atoms with E-state index in [2.05, 4.69) is 37.7 Å². The van der Waals surface area contributed by atoms with Crippen LogP contribution >= 0.6 is 23.8 Å². The minimum atomic E-state index is 0.370. The first-order valence-corrected chi connectivity index (χ1v) is 7.16. The molecule has 1 atom stereocenters. The molecule has 0 amide bonds. The molecule has 1 aromatic rings. The van der Waals surface area contributed by atoms with Gasteiger partial charge in [-0.1, -0.05) is 23.8 Å². The van der Waals surface area contributed by atoms with Gasteiger partial charge < -0.3 is 15.5 Å². The summed E-state index contributed by atoms with van der Waals surface area (Å²) >= 11 is 11.2. The molecule has 0 spiro atoms. The molecule has 0 fully saturated rings. The van der Waals surface area contributed by atoms with E-state index in [4.69, 9.17) is 29.6 Å². The predicted octanol–water partition coefficient (Wildman–Crippen LogP) is 2.75. The largest absolute Gasteiger partial charge is 0.389 e. The number of hydrogen-bond donors (Lipinski definition) is 1. The zero-order valence-electron chi connectivity index (χ0n) is 12.0. The van der Waals surface area contributed by atoms with Crippen molar-refractivity contribution in [3.8, 4) is 0 Å². The first kappa shape index (κ1) is 16.2.